The van der Waals surface area contributed by atoms with Gasteiger partial charge in [-0.1, -0.05) is 48.0 Å². The van der Waals surface area contributed by atoms with Crippen LogP contribution in [0, 0.1) is 12.7 Å². The summed E-state index contributed by atoms with van der Waals surface area (Å²) in [6.07, 6.45) is 0. The Bertz CT molecular complexity index is 665. The molecule has 2 rings (SSSR count). The molecule has 0 aliphatic carbocycles. The summed E-state index contributed by atoms with van der Waals surface area (Å²) >= 11 is 0. The minimum atomic E-state index is -0.651. The van der Waals surface area contributed by atoms with Gasteiger partial charge in [-0.2, -0.15) is 0 Å². The lowest BCUT2D eigenvalue weighted by Gasteiger charge is -2.16. The zero-order valence-corrected chi connectivity index (χ0v) is 12.0. The van der Waals surface area contributed by atoms with Gasteiger partial charge in [0.25, 0.3) is 5.91 Å². The molecule has 21 heavy (non-hydrogen) atoms. The molecule has 0 unspecified atom stereocenters. The predicted molar refractivity (Wildman–Crippen MR) is 78.4 cm³/mol. The van der Waals surface area contributed by atoms with E-state index in [9.17, 15) is 14.0 Å². The van der Waals surface area contributed by atoms with E-state index in [0.717, 1.165) is 5.56 Å². The molecule has 2 aromatic rings. The maximum atomic E-state index is 13.6. The molecule has 4 heteroatoms. The van der Waals surface area contributed by atoms with E-state index in [0.29, 0.717) is 11.1 Å². The van der Waals surface area contributed by atoms with Crippen molar-refractivity contribution in [3.05, 3.63) is 71.0 Å². The van der Waals surface area contributed by atoms with Gasteiger partial charge in [0.15, 0.2) is 0 Å². The molecule has 2 aromatic carbocycles. The quantitative estimate of drug-likeness (QED) is 0.639. The Balaban J connectivity index is 2.10. The molecule has 0 aliphatic heterocycles. The van der Waals surface area contributed by atoms with Crippen molar-refractivity contribution in [2.24, 2.45) is 0 Å². The molecule has 0 aliphatic rings. The predicted octanol–water partition coefficient (Wildman–Crippen LogP) is 2.98. The van der Waals surface area contributed by atoms with Crippen LogP contribution in [-0.4, -0.2) is 23.6 Å². The number of hydrogen-bond acceptors (Lipinski definition) is 2. The molecule has 1 amide bonds. The van der Waals surface area contributed by atoms with E-state index < -0.39 is 11.7 Å². The second-order valence-corrected chi connectivity index (χ2v) is 4.95. The van der Waals surface area contributed by atoms with Gasteiger partial charge >= 0.3 is 0 Å². The number of Topliss-reactive ketones (excluding diaryl/α,β-unsaturated/α-hetero) is 1. The second-order valence-electron chi connectivity index (χ2n) is 4.95. The molecular weight excluding hydrogens is 269 g/mol. The van der Waals surface area contributed by atoms with E-state index >= 15 is 0 Å². The van der Waals surface area contributed by atoms with E-state index in [1.807, 2.05) is 6.92 Å². The number of carbonyl (C=O) groups excluding carboxylic acids is 2. The van der Waals surface area contributed by atoms with Gasteiger partial charge in [0.2, 0.25) is 5.78 Å². The fraction of sp³-hybridized carbons (Fsp3) is 0.176. The van der Waals surface area contributed by atoms with Crippen molar-refractivity contribution in [3.63, 3.8) is 0 Å². The van der Waals surface area contributed by atoms with Gasteiger partial charge in [0.1, 0.15) is 5.82 Å². The number of hydrogen-bond donors (Lipinski definition) is 0. The lowest BCUT2D eigenvalue weighted by molar-refractivity contribution is -0.125. The number of ketones is 1. The van der Waals surface area contributed by atoms with Crippen LogP contribution in [0.25, 0.3) is 0 Å². The Morgan fingerprint density at radius 1 is 1.05 bits per heavy atom. The Labute approximate surface area is 123 Å². The van der Waals surface area contributed by atoms with E-state index in [-0.39, 0.29) is 12.4 Å². The summed E-state index contributed by atoms with van der Waals surface area (Å²) in [7, 11) is 1.49. The maximum Gasteiger partial charge on any atom is 0.295 e. The highest BCUT2D eigenvalue weighted by molar-refractivity contribution is 6.42. The van der Waals surface area contributed by atoms with Gasteiger partial charge in [-0.25, -0.2) is 4.39 Å². The monoisotopic (exact) mass is 285 g/mol. The van der Waals surface area contributed by atoms with Gasteiger partial charge < -0.3 is 4.90 Å². The largest absolute Gasteiger partial charge is 0.334 e. The number of nitrogens with zero attached hydrogens (tertiary/aromatic N) is 1. The number of rotatable bonds is 4. The Hall–Kier alpha value is -2.49. The average Bonchev–Trinajstić information content (AvgIpc) is 2.49. The fourth-order valence-corrected chi connectivity index (χ4v) is 1.96. The van der Waals surface area contributed by atoms with Crippen LogP contribution in [0.15, 0.2) is 48.5 Å². The van der Waals surface area contributed by atoms with Crippen LogP contribution in [0.2, 0.25) is 0 Å². The molecule has 0 fully saturated rings. The lowest BCUT2D eigenvalue weighted by Crippen LogP contribution is -2.33. The van der Waals surface area contributed by atoms with Gasteiger partial charge in [-0.3, -0.25) is 9.59 Å². The van der Waals surface area contributed by atoms with Crippen molar-refractivity contribution in [3.8, 4) is 0 Å². The highest BCUT2D eigenvalue weighted by Crippen LogP contribution is 2.11. The first kappa shape index (κ1) is 14.9. The van der Waals surface area contributed by atoms with Crippen molar-refractivity contribution in [2.75, 3.05) is 7.05 Å². The van der Waals surface area contributed by atoms with Crippen LogP contribution in [0.5, 0.6) is 0 Å². The molecule has 0 atom stereocenters. The first-order chi connectivity index (χ1) is 9.99. The van der Waals surface area contributed by atoms with Gasteiger partial charge in [0, 0.05) is 24.7 Å². The van der Waals surface area contributed by atoms with Gasteiger partial charge in [0.05, 0.1) is 0 Å². The van der Waals surface area contributed by atoms with Crippen LogP contribution >= 0.6 is 0 Å². The Morgan fingerprint density at radius 3 is 2.29 bits per heavy atom. The molecule has 0 aromatic heterocycles. The Morgan fingerprint density at radius 2 is 1.67 bits per heavy atom. The van der Waals surface area contributed by atoms with Crippen molar-refractivity contribution >= 4 is 11.7 Å². The summed E-state index contributed by atoms with van der Waals surface area (Å²) < 4.78 is 13.6. The van der Waals surface area contributed by atoms with E-state index in [2.05, 4.69) is 0 Å². The number of aryl methyl sites for hydroxylation is 1. The Kier molecular flexibility index (Phi) is 4.48. The van der Waals surface area contributed by atoms with Gasteiger partial charge in [-0.15, -0.1) is 0 Å². The highest BCUT2D eigenvalue weighted by atomic mass is 19.1. The maximum absolute atomic E-state index is 13.6. The SMILES string of the molecule is Cc1ccc(C(=O)C(=O)N(C)Cc2ccccc2F)cc1. The third-order valence-corrected chi connectivity index (χ3v) is 3.22. The zero-order valence-electron chi connectivity index (χ0n) is 12.0. The van der Waals surface area contributed by atoms with Crippen molar-refractivity contribution < 1.29 is 14.0 Å². The molecule has 0 radical (unpaired) electrons. The number of benzene rings is 2. The highest BCUT2D eigenvalue weighted by Gasteiger charge is 2.21. The molecule has 0 spiro atoms. The lowest BCUT2D eigenvalue weighted by atomic mass is 10.1. The minimum Gasteiger partial charge on any atom is -0.334 e. The third kappa shape index (κ3) is 3.54. The van der Waals surface area contributed by atoms with Crippen LogP contribution in [0.4, 0.5) is 4.39 Å². The first-order valence-corrected chi connectivity index (χ1v) is 6.59. The normalized spacial score (nSPS) is 10.2. The summed E-state index contributed by atoms with van der Waals surface area (Å²) in [6, 6.07) is 13.0. The third-order valence-electron chi connectivity index (χ3n) is 3.22. The average molecular weight is 285 g/mol. The van der Waals surface area contributed by atoms with E-state index in [4.69, 9.17) is 0 Å². The second kappa shape index (κ2) is 6.31. The summed E-state index contributed by atoms with van der Waals surface area (Å²) in [4.78, 5) is 25.4. The van der Waals surface area contributed by atoms with Crippen LogP contribution in [-0.2, 0) is 11.3 Å². The molecule has 3 nitrogen and oxygen atoms in total. The van der Waals surface area contributed by atoms with E-state index in [1.54, 1.807) is 42.5 Å². The summed E-state index contributed by atoms with van der Waals surface area (Å²) in [5.41, 5.74) is 1.73. The van der Waals surface area contributed by atoms with Gasteiger partial charge in [-0.05, 0) is 13.0 Å². The molecule has 108 valence electrons. The molecule has 0 N–H and O–H groups in total. The number of amides is 1. The smallest absolute Gasteiger partial charge is 0.295 e. The number of carbonyl (C=O) groups is 2. The molecule has 0 bridgehead atoms. The van der Waals surface area contributed by atoms with Crippen LogP contribution < -0.4 is 0 Å². The standard InChI is InChI=1S/C17H16FNO2/c1-12-7-9-13(10-8-12)16(20)17(21)19(2)11-14-5-3-4-6-15(14)18/h3-10H,11H2,1-2H3. The summed E-state index contributed by atoms with van der Waals surface area (Å²) in [5.74, 6) is -1.63. The topological polar surface area (TPSA) is 37.4 Å². The number of likely N-dealkylation sites (N-methyl/N-ethyl adjacent to an activating group) is 1. The minimum absolute atomic E-state index is 0.0586. The molecule has 0 saturated heterocycles. The number of halogens is 1. The van der Waals surface area contributed by atoms with Crippen LogP contribution in [0.1, 0.15) is 21.5 Å². The summed E-state index contributed by atoms with van der Waals surface area (Å²) in [6.45, 7) is 1.96. The van der Waals surface area contributed by atoms with Crippen molar-refractivity contribution in [2.45, 2.75) is 13.5 Å². The molecule has 0 saturated carbocycles. The fourth-order valence-electron chi connectivity index (χ4n) is 1.96. The van der Waals surface area contributed by atoms with Crippen molar-refractivity contribution in [1.82, 2.24) is 4.90 Å². The summed E-state index contributed by atoms with van der Waals surface area (Å²) in [5, 5.41) is 0. The molecule has 0 heterocycles. The first-order valence-electron chi connectivity index (χ1n) is 6.59. The van der Waals surface area contributed by atoms with Crippen molar-refractivity contribution in [1.29, 1.82) is 0 Å². The van der Waals surface area contributed by atoms with E-state index in [1.165, 1.54) is 18.0 Å². The molecular formula is C17H16FNO2. The zero-order chi connectivity index (χ0) is 15.4. The van der Waals surface area contributed by atoms with Crippen LogP contribution in [0.3, 0.4) is 0 Å².